The predicted octanol–water partition coefficient (Wildman–Crippen LogP) is 1.51. The van der Waals surface area contributed by atoms with Crippen LogP contribution in [0.15, 0.2) is 17.8 Å². The van der Waals surface area contributed by atoms with Crippen molar-refractivity contribution in [3.05, 3.63) is 23.5 Å². The summed E-state index contributed by atoms with van der Waals surface area (Å²) in [5.41, 5.74) is 8.50. The van der Waals surface area contributed by atoms with E-state index >= 15 is 0 Å². The van der Waals surface area contributed by atoms with Gasteiger partial charge in [0.1, 0.15) is 11.2 Å². The van der Waals surface area contributed by atoms with Crippen molar-refractivity contribution in [2.24, 2.45) is 0 Å². The lowest BCUT2D eigenvalue weighted by Crippen LogP contribution is -2.16. The van der Waals surface area contributed by atoms with Crippen molar-refractivity contribution < 1.29 is 4.79 Å². The average Bonchev–Trinajstić information content (AvgIpc) is 2.88. The van der Waals surface area contributed by atoms with Crippen LogP contribution in [0, 0.1) is 0 Å². The summed E-state index contributed by atoms with van der Waals surface area (Å²) in [5.74, 6) is -0.189. The number of hydrogen-bond acceptors (Lipinski definition) is 5. The average molecular weight is 249 g/mol. The van der Waals surface area contributed by atoms with Crippen LogP contribution in [0.5, 0.6) is 0 Å². The summed E-state index contributed by atoms with van der Waals surface area (Å²) < 4.78 is 1.94. The Kier molecular flexibility index (Phi) is 2.32. The minimum atomic E-state index is -0.189. The van der Waals surface area contributed by atoms with E-state index in [9.17, 15) is 4.79 Å². The highest BCUT2D eigenvalue weighted by Gasteiger charge is 2.27. The highest BCUT2D eigenvalue weighted by molar-refractivity contribution is 7.13. The van der Waals surface area contributed by atoms with Gasteiger partial charge in [-0.3, -0.25) is 10.1 Å². The molecule has 0 bridgehead atoms. The van der Waals surface area contributed by atoms with Gasteiger partial charge in [0.15, 0.2) is 0 Å². The van der Waals surface area contributed by atoms with Crippen LogP contribution in [-0.2, 0) is 0 Å². The molecule has 2 heterocycles. The standard InChI is InChI=1S/C10H11N5OS/c11-6-3-8(15(4-6)7-1-2-7)9(16)13-10-14-12-5-17-10/h3-5,7H,1-2,11H2,(H,13,14,16). The third kappa shape index (κ3) is 2.01. The fourth-order valence-electron chi connectivity index (χ4n) is 1.73. The number of carbonyl (C=O) groups is 1. The Hall–Kier alpha value is -1.89. The molecule has 1 saturated carbocycles. The van der Waals surface area contributed by atoms with E-state index in [4.69, 9.17) is 5.73 Å². The first kappa shape index (κ1) is 10.3. The van der Waals surface area contributed by atoms with Crippen molar-refractivity contribution in [1.82, 2.24) is 14.8 Å². The molecule has 0 atom stereocenters. The number of carbonyl (C=O) groups excluding carboxylic acids is 1. The Morgan fingerprint density at radius 1 is 1.59 bits per heavy atom. The van der Waals surface area contributed by atoms with Crippen LogP contribution in [0.1, 0.15) is 29.4 Å². The Morgan fingerprint density at radius 3 is 3.06 bits per heavy atom. The molecule has 0 aromatic carbocycles. The van der Waals surface area contributed by atoms with Gasteiger partial charge in [0.05, 0.1) is 5.69 Å². The van der Waals surface area contributed by atoms with Gasteiger partial charge in [-0.05, 0) is 18.9 Å². The highest BCUT2D eigenvalue weighted by atomic mass is 32.1. The summed E-state index contributed by atoms with van der Waals surface area (Å²) in [6.45, 7) is 0. The Bertz CT molecular complexity index is 543. The number of hydrogen-bond donors (Lipinski definition) is 2. The molecule has 0 unspecified atom stereocenters. The van der Waals surface area contributed by atoms with Crippen molar-refractivity contribution in [3.63, 3.8) is 0 Å². The smallest absolute Gasteiger partial charge is 0.274 e. The van der Waals surface area contributed by atoms with Crippen molar-refractivity contribution in [3.8, 4) is 0 Å². The highest BCUT2D eigenvalue weighted by Crippen LogP contribution is 2.37. The molecule has 0 radical (unpaired) electrons. The molecular formula is C10H11N5OS. The Balaban J connectivity index is 1.85. The SMILES string of the molecule is Nc1cc(C(=O)Nc2nncs2)n(C2CC2)c1. The Morgan fingerprint density at radius 2 is 2.41 bits per heavy atom. The Labute approximate surface area is 101 Å². The molecule has 0 saturated heterocycles. The van der Waals surface area contributed by atoms with E-state index in [-0.39, 0.29) is 5.91 Å². The van der Waals surface area contributed by atoms with Crippen LogP contribution in [0.4, 0.5) is 10.8 Å². The molecule has 0 aliphatic heterocycles. The van der Waals surface area contributed by atoms with E-state index in [1.807, 2.05) is 10.8 Å². The van der Waals surface area contributed by atoms with Crippen LogP contribution < -0.4 is 11.1 Å². The number of nitrogens with one attached hydrogen (secondary N) is 1. The van der Waals surface area contributed by atoms with Gasteiger partial charge in [0.2, 0.25) is 5.13 Å². The minimum Gasteiger partial charge on any atom is -0.397 e. The molecule has 88 valence electrons. The summed E-state index contributed by atoms with van der Waals surface area (Å²) in [4.78, 5) is 12.0. The van der Waals surface area contributed by atoms with Crippen molar-refractivity contribution in [1.29, 1.82) is 0 Å². The largest absolute Gasteiger partial charge is 0.397 e. The fraction of sp³-hybridized carbons (Fsp3) is 0.300. The van der Waals surface area contributed by atoms with Gasteiger partial charge < -0.3 is 10.3 Å². The second-order valence-corrected chi connectivity index (χ2v) is 4.83. The van der Waals surface area contributed by atoms with Gasteiger partial charge in [-0.2, -0.15) is 0 Å². The number of nitrogens with zero attached hydrogens (tertiary/aromatic N) is 3. The molecule has 7 heteroatoms. The fourth-order valence-corrected chi connectivity index (χ4v) is 2.17. The van der Waals surface area contributed by atoms with E-state index in [0.717, 1.165) is 12.8 Å². The van der Waals surface area contributed by atoms with Gasteiger partial charge >= 0.3 is 0 Å². The molecule has 1 amide bonds. The van der Waals surface area contributed by atoms with E-state index in [2.05, 4.69) is 15.5 Å². The third-order valence-electron chi connectivity index (χ3n) is 2.62. The van der Waals surface area contributed by atoms with E-state index in [1.165, 1.54) is 11.3 Å². The molecule has 3 rings (SSSR count). The summed E-state index contributed by atoms with van der Waals surface area (Å²) in [6.07, 6.45) is 4.02. The second kappa shape index (κ2) is 3.85. The minimum absolute atomic E-state index is 0.189. The lowest BCUT2D eigenvalue weighted by molar-refractivity contribution is 0.101. The number of amides is 1. The second-order valence-electron chi connectivity index (χ2n) is 4.00. The monoisotopic (exact) mass is 249 g/mol. The summed E-state index contributed by atoms with van der Waals surface area (Å²) in [6, 6.07) is 2.11. The molecule has 2 aromatic heterocycles. The zero-order chi connectivity index (χ0) is 11.8. The molecule has 2 aromatic rings. The molecule has 0 spiro atoms. The van der Waals surface area contributed by atoms with Gasteiger partial charge in [-0.15, -0.1) is 10.2 Å². The van der Waals surface area contributed by atoms with Gasteiger partial charge in [-0.25, -0.2) is 0 Å². The quantitative estimate of drug-likeness (QED) is 0.863. The molecule has 1 fully saturated rings. The van der Waals surface area contributed by atoms with Gasteiger partial charge in [0, 0.05) is 12.2 Å². The number of rotatable bonds is 3. The first-order valence-electron chi connectivity index (χ1n) is 5.29. The van der Waals surface area contributed by atoms with Crippen molar-refractivity contribution in [2.45, 2.75) is 18.9 Å². The van der Waals surface area contributed by atoms with Crippen LogP contribution in [0.3, 0.4) is 0 Å². The number of aromatic nitrogens is 3. The van der Waals surface area contributed by atoms with Gasteiger partial charge in [-0.1, -0.05) is 11.3 Å². The zero-order valence-corrected chi connectivity index (χ0v) is 9.78. The first-order valence-corrected chi connectivity index (χ1v) is 6.17. The molecular weight excluding hydrogens is 238 g/mol. The van der Waals surface area contributed by atoms with Crippen molar-refractivity contribution in [2.75, 3.05) is 11.1 Å². The normalized spacial score (nSPS) is 14.8. The molecule has 6 nitrogen and oxygen atoms in total. The lowest BCUT2D eigenvalue weighted by atomic mass is 10.4. The van der Waals surface area contributed by atoms with Crippen molar-refractivity contribution >= 4 is 28.1 Å². The molecule has 17 heavy (non-hydrogen) atoms. The maximum Gasteiger partial charge on any atom is 0.274 e. The van der Waals surface area contributed by atoms with Crippen LogP contribution in [0.25, 0.3) is 0 Å². The molecule has 1 aliphatic rings. The van der Waals surface area contributed by atoms with Crippen LogP contribution in [-0.4, -0.2) is 20.7 Å². The van der Waals surface area contributed by atoms with E-state index < -0.39 is 0 Å². The van der Waals surface area contributed by atoms with Crippen LogP contribution >= 0.6 is 11.3 Å². The molecule has 3 N–H and O–H groups in total. The number of anilines is 2. The maximum absolute atomic E-state index is 12.0. The predicted molar refractivity (Wildman–Crippen MR) is 65.0 cm³/mol. The number of nitrogen functional groups attached to an aromatic ring is 1. The molecule has 1 aliphatic carbocycles. The first-order chi connectivity index (χ1) is 8.24. The summed E-state index contributed by atoms with van der Waals surface area (Å²) in [5, 5.41) is 10.6. The third-order valence-corrected chi connectivity index (χ3v) is 3.23. The summed E-state index contributed by atoms with van der Waals surface area (Å²) >= 11 is 1.29. The zero-order valence-electron chi connectivity index (χ0n) is 8.96. The summed E-state index contributed by atoms with van der Waals surface area (Å²) in [7, 11) is 0. The van der Waals surface area contributed by atoms with Crippen LogP contribution in [0.2, 0.25) is 0 Å². The van der Waals surface area contributed by atoms with Gasteiger partial charge in [0.25, 0.3) is 5.91 Å². The van der Waals surface area contributed by atoms with E-state index in [0.29, 0.717) is 22.6 Å². The maximum atomic E-state index is 12.0. The topological polar surface area (TPSA) is 85.8 Å². The lowest BCUT2D eigenvalue weighted by Gasteiger charge is -2.05. The van der Waals surface area contributed by atoms with E-state index in [1.54, 1.807) is 11.6 Å². The number of nitrogens with two attached hydrogens (primary N) is 1.